The van der Waals surface area contributed by atoms with E-state index in [1.54, 1.807) is 12.1 Å². The number of amides is 2. The fourth-order valence-electron chi connectivity index (χ4n) is 3.04. The Morgan fingerprint density at radius 1 is 1.24 bits per heavy atom. The number of carbonyl (C=O) groups is 1. The summed E-state index contributed by atoms with van der Waals surface area (Å²) < 4.78 is 1.84. The summed E-state index contributed by atoms with van der Waals surface area (Å²) in [6.45, 7) is 0.506. The van der Waals surface area contributed by atoms with Crippen molar-refractivity contribution in [2.45, 2.75) is 31.8 Å². The van der Waals surface area contributed by atoms with E-state index in [9.17, 15) is 4.79 Å². The van der Waals surface area contributed by atoms with E-state index in [-0.39, 0.29) is 12.1 Å². The summed E-state index contributed by atoms with van der Waals surface area (Å²) in [6, 6.07) is 15.3. The number of rotatable bonds is 4. The quantitative estimate of drug-likeness (QED) is 0.745. The smallest absolute Gasteiger partial charge is 0.316 e. The van der Waals surface area contributed by atoms with Gasteiger partial charge < -0.3 is 10.2 Å². The number of pyridine rings is 1. The van der Waals surface area contributed by atoms with E-state index in [1.165, 1.54) is 6.42 Å². The maximum Gasteiger partial charge on any atom is 0.322 e. The Morgan fingerprint density at radius 3 is 2.72 bits per heavy atom. The number of aromatic nitrogens is 2. The fraction of sp³-hybridized carbons (Fsp3) is 0.263. The van der Waals surface area contributed by atoms with E-state index in [2.05, 4.69) is 10.4 Å². The molecule has 2 heterocycles. The summed E-state index contributed by atoms with van der Waals surface area (Å²) in [6.07, 6.45) is 5.17. The van der Waals surface area contributed by atoms with Gasteiger partial charge in [0.2, 0.25) is 0 Å². The predicted molar refractivity (Wildman–Crippen MR) is 98.8 cm³/mol. The molecule has 0 unspecified atom stereocenters. The van der Waals surface area contributed by atoms with Crippen molar-refractivity contribution < 1.29 is 4.79 Å². The maximum atomic E-state index is 12.8. The van der Waals surface area contributed by atoms with Crippen LogP contribution in [0.1, 0.15) is 25.0 Å². The van der Waals surface area contributed by atoms with Crippen molar-refractivity contribution in [2.24, 2.45) is 0 Å². The molecule has 1 N–H and O–H groups in total. The number of nitrogens with one attached hydrogen (secondary N) is 1. The second-order valence-electron chi connectivity index (χ2n) is 6.36. The van der Waals surface area contributed by atoms with Crippen LogP contribution in [-0.2, 0) is 6.54 Å². The van der Waals surface area contributed by atoms with E-state index in [4.69, 9.17) is 11.6 Å². The number of benzene rings is 1. The number of halogens is 1. The molecule has 1 aromatic carbocycles. The zero-order valence-corrected chi connectivity index (χ0v) is 14.5. The zero-order chi connectivity index (χ0) is 17.2. The van der Waals surface area contributed by atoms with Gasteiger partial charge >= 0.3 is 6.03 Å². The summed E-state index contributed by atoms with van der Waals surface area (Å²) in [5.41, 5.74) is 2.67. The van der Waals surface area contributed by atoms with Crippen molar-refractivity contribution in [1.82, 2.24) is 14.5 Å². The third-order valence-electron chi connectivity index (χ3n) is 4.62. The number of hydrogen-bond acceptors (Lipinski definition) is 2. The SMILES string of the molecule is O=C(Nc1ccc(Cl)cc1)N(Cc1cc2ccccn2n1)C1CCC1. The lowest BCUT2D eigenvalue weighted by Crippen LogP contribution is -2.45. The van der Waals surface area contributed by atoms with Crippen LogP contribution in [0.15, 0.2) is 54.7 Å². The molecule has 1 aliphatic rings. The van der Waals surface area contributed by atoms with Crippen LogP contribution in [0.4, 0.5) is 10.5 Å². The molecule has 0 radical (unpaired) electrons. The molecule has 6 heteroatoms. The van der Waals surface area contributed by atoms with Crippen LogP contribution in [0.3, 0.4) is 0 Å². The number of fused-ring (bicyclic) bond motifs is 1. The highest BCUT2D eigenvalue weighted by Gasteiger charge is 2.29. The number of urea groups is 1. The van der Waals surface area contributed by atoms with Gasteiger partial charge in [0.15, 0.2) is 0 Å². The standard InChI is InChI=1S/C19H19ClN4O/c20-14-7-9-15(10-8-14)21-19(25)23(17-5-3-6-17)13-16-12-18-4-1-2-11-24(18)22-16/h1-2,4,7-12,17H,3,5-6,13H2,(H,21,25). The topological polar surface area (TPSA) is 49.6 Å². The van der Waals surface area contributed by atoms with Gasteiger partial charge in [0.1, 0.15) is 0 Å². The summed E-state index contributed by atoms with van der Waals surface area (Å²) in [7, 11) is 0. The molecule has 1 saturated carbocycles. The number of nitrogens with zero attached hydrogens (tertiary/aromatic N) is 3. The fourth-order valence-corrected chi connectivity index (χ4v) is 3.16. The van der Waals surface area contributed by atoms with Crippen LogP contribution in [0.2, 0.25) is 5.02 Å². The van der Waals surface area contributed by atoms with Crippen LogP contribution >= 0.6 is 11.6 Å². The first-order chi connectivity index (χ1) is 12.2. The Labute approximate surface area is 151 Å². The molecule has 0 bridgehead atoms. The van der Waals surface area contributed by atoms with Crippen LogP contribution < -0.4 is 5.32 Å². The lowest BCUT2D eigenvalue weighted by atomic mass is 9.91. The Kier molecular flexibility index (Phi) is 4.32. The predicted octanol–water partition coefficient (Wildman–Crippen LogP) is 4.57. The van der Waals surface area contributed by atoms with Crippen molar-refractivity contribution in [3.63, 3.8) is 0 Å². The minimum absolute atomic E-state index is 0.0934. The summed E-state index contributed by atoms with van der Waals surface area (Å²) in [5.74, 6) is 0. The molecule has 3 aromatic rings. The normalized spacial score (nSPS) is 14.3. The van der Waals surface area contributed by atoms with Gasteiger partial charge in [-0.05, 0) is 61.7 Å². The Bertz CT molecular complexity index is 853. The summed E-state index contributed by atoms with van der Waals surface area (Å²) >= 11 is 5.91. The van der Waals surface area contributed by atoms with Gasteiger partial charge in [0.05, 0.1) is 17.8 Å². The molecule has 5 nitrogen and oxygen atoms in total. The Morgan fingerprint density at radius 2 is 2.04 bits per heavy atom. The molecule has 0 atom stereocenters. The molecular formula is C19H19ClN4O. The van der Waals surface area contributed by atoms with Gasteiger partial charge in [-0.2, -0.15) is 5.10 Å². The first kappa shape index (κ1) is 16.0. The van der Waals surface area contributed by atoms with Crippen LogP contribution in [0.5, 0.6) is 0 Å². The average molecular weight is 355 g/mol. The molecule has 128 valence electrons. The first-order valence-electron chi connectivity index (χ1n) is 8.45. The third kappa shape index (κ3) is 3.46. The van der Waals surface area contributed by atoms with Gasteiger partial charge in [-0.1, -0.05) is 17.7 Å². The number of carbonyl (C=O) groups excluding carboxylic acids is 1. The van der Waals surface area contributed by atoms with E-state index in [0.29, 0.717) is 11.6 Å². The summed E-state index contributed by atoms with van der Waals surface area (Å²) in [4.78, 5) is 14.7. The highest BCUT2D eigenvalue weighted by molar-refractivity contribution is 6.30. The van der Waals surface area contributed by atoms with Gasteiger partial charge in [-0.15, -0.1) is 0 Å². The maximum absolute atomic E-state index is 12.8. The molecule has 2 amide bonds. The van der Waals surface area contributed by atoms with Gasteiger partial charge in [-0.3, -0.25) is 0 Å². The molecule has 0 aliphatic heterocycles. The lowest BCUT2D eigenvalue weighted by Gasteiger charge is -2.37. The van der Waals surface area contributed by atoms with E-state index in [1.807, 2.05) is 52.0 Å². The molecule has 1 fully saturated rings. The second kappa shape index (κ2) is 6.76. The lowest BCUT2D eigenvalue weighted by molar-refractivity contribution is 0.142. The highest BCUT2D eigenvalue weighted by atomic mass is 35.5. The molecule has 0 saturated heterocycles. The van der Waals surface area contributed by atoms with E-state index < -0.39 is 0 Å². The molecule has 0 spiro atoms. The zero-order valence-electron chi connectivity index (χ0n) is 13.7. The van der Waals surface area contributed by atoms with Crippen molar-refractivity contribution in [3.05, 3.63) is 65.4 Å². The summed E-state index contributed by atoms with van der Waals surface area (Å²) in [5, 5.41) is 8.19. The van der Waals surface area contributed by atoms with Crippen molar-refractivity contribution in [1.29, 1.82) is 0 Å². The third-order valence-corrected chi connectivity index (χ3v) is 4.88. The van der Waals surface area contributed by atoms with Crippen molar-refractivity contribution >= 4 is 28.8 Å². The van der Waals surface area contributed by atoms with Crippen LogP contribution in [-0.4, -0.2) is 26.6 Å². The van der Waals surface area contributed by atoms with Gasteiger partial charge in [0, 0.05) is 22.9 Å². The van der Waals surface area contributed by atoms with Crippen molar-refractivity contribution in [2.75, 3.05) is 5.32 Å². The van der Waals surface area contributed by atoms with Crippen molar-refractivity contribution in [3.8, 4) is 0 Å². The molecular weight excluding hydrogens is 336 g/mol. The minimum Gasteiger partial charge on any atom is -0.316 e. The van der Waals surface area contributed by atoms with E-state index >= 15 is 0 Å². The minimum atomic E-state index is -0.0934. The molecule has 2 aromatic heterocycles. The number of hydrogen-bond donors (Lipinski definition) is 1. The van der Waals surface area contributed by atoms with Crippen LogP contribution in [0, 0.1) is 0 Å². The van der Waals surface area contributed by atoms with Gasteiger partial charge in [-0.25, -0.2) is 9.31 Å². The Hall–Kier alpha value is -2.53. The van der Waals surface area contributed by atoms with Gasteiger partial charge in [0.25, 0.3) is 0 Å². The largest absolute Gasteiger partial charge is 0.322 e. The number of anilines is 1. The first-order valence-corrected chi connectivity index (χ1v) is 8.83. The van der Waals surface area contributed by atoms with E-state index in [0.717, 1.165) is 29.7 Å². The average Bonchev–Trinajstić information content (AvgIpc) is 2.97. The molecule has 1 aliphatic carbocycles. The monoisotopic (exact) mass is 354 g/mol. The molecule has 4 rings (SSSR count). The molecule has 25 heavy (non-hydrogen) atoms. The highest BCUT2D eigenvalue weighted by Crippen LogP contribution is 2.27. The van der Waals surface area contributed by atoms with Crippen LogP contribution in [0.25, 0.3) is 5.52 Å². The second-order valence-corrected chi connectivity index (χ2v) is 6.79. The Balaban J connectivity index is 1.52.